The predicted octanol–water partition coefficient (Wildman–Crippen LogP) is 8.93. The Kier molecular flexibility index (Phi) is 13.5. The van der Waals surface area contributed by atoms with Gasteiger partial charge in [0.1, 0.15) is 0 Å². The fourth-order valence-electron chi connectivity index (χ4n) is 3.07. The Morgan fingerprint density at radius 2 is 1.86 bits per heavy atom. The first-order chi connectivity index (χ1) is 16.7. The first-order valence-electron chi connectivity index (χ1n) is 11.2. The molecule has 1 aromatic heterocycles. The fourth-order valence-corrected chi connectivity index (χ4v) is 6.33. The third kappa shape index (κ3) is 9.59. The molecule has 0 aliphatic heterocycles. The molecule has 192 valence electrons. The Labute approximate surface area is 240 Å². The van der Waals surface area contributed by atoms with Gasteiger partial charge in [0.05, 0.1) is 38.2 Å². The number of ether oxygens (including phenoxy) is 1. The van der Waals surface area contributed by atoms with Gasteiger partial charge in [-0.1, -0.05) is 67.6 Å². The number of hydrogen-bond donors (Lipinski definition) is 2. The Morgan fingerprint density at radius 1 is 1.17 bits per heavy atom. The molecule has 3 N–H and O–H groups in total. The van der Waals surface area contributed by atoms with Gasteiger partial charge >= 0.3 is 10.8 Å². The first-order valence-corrected chi connectivity index (χ1v) is 15.3. The fraction of sp³-hybridized carbons (Fsp3) is 0.417. The van der Waals surface area contributed by atoms with Crippen LogP contribution in [0.4, 0.5) is 5.69 Å². The zero-order chi connectivity index (χ0) is 26.0. The van der Waals surface area contributed by atoms with Gasteiger partial charge in [-0.25, -0.2) is 0 Å². The van der Waals surface area contributed by atoms with E-state index in [4.69, 9.17) is 33.7 Å². The van der Waals surface area contributed by atoms with Crippen LogP contribution in [0.1, 0.15) is 46.0 Å². The topological polar surface area (TPSA) is 85.2 Å². The summed E-state index contributed by atoms with van der Waals surface area (Å²) in [7, 11) is 0. The van der Waals surface area contributed by atoms with Crippen LogP contribution in [0, 0.1) is 5.92 Å². The molecule has 1 heterocycles. The van der Waals surface area contributed by atoms with E-state index in [1.54, 1.807) is 6.07 Å². The molecule has 5 nitrogen and oxygen atoms in total. The summed E-state index contributed by atoms with van der Waals surface area (Å²) in [6.45, 7) is 4.84. The van der Waals surface area contributed by atoms with Crippen LogP contribution in [0.3, 0.4) is 0 Å². The molecule has 2 aromatic carbocycles. The van der Waals surface area contributed by atoms with Crippen molar-refractivity contribution in [3.8, 4) is 0 Å². The Balaban J connectivity index is 0.000000298. The van der Waals surface area contributed by atoms with E-state index in [2.05, 4.69) is 50.7 Å². The molecule has 1 atom stereocenters. The number of unbranched alkanes of at least 4 members (excludes halogenated alkanes) is 1. The van der Waals surface area contributed by atoms with Gasteiger partial charge in [-0.2, -0.15) is 0 Å². The number of nitrogens with two attached hydrogens (primary N) is 1. The number of fused-ring (bicyclic) bond motifs is 1. The van der Waals surface area contributed by atoms with E-state index >= 15 is 0 Å². The number of esters is 1. The van der Waals surface area contributed by atoms with Gasteiger partial charge in [0.2, 0.25) is 0 Å². The van der Waals surface area contributed by atoms with Gasteiger partial charge in [-0.05, 0) is 68.5 Å². The van der Waals surface area contributed by atoms with Crippen molar-refractivity contribution in [2.24, 2.45) is 5.92 Å². The molecule has 0 fully saturated rings. The Bertz CT molecular complexity index is 1190. The summed E-state index contributed by atoms with van der Waals surface area (Å²) in [6.07, 6.45) is 4.89. The maximum atomic E-state index is 11.9. The smallest absolute Gasteiger partial charge is 0.306 e. The number of carbonyl (C=O) groups excluding carboxylic acids is 1. The maximum absolute atomic E-state index is 11.9. The van der Waals surface area contributed by atoms with E-state index in [0.29, 0.717) is 40.4 Å². The SMILES string of the molecule is CCCCC(CC)COC(=O)CCSc1c(N)ccc(Br)c1Cl.O=c1[nH]c2ccc(Br)c(Cl)c2s1. The standard InChI is InChI=1S/C17H25BrClNO2S.C7H3BrClNOS/c1-3-5-6-12(4-2)11-22-15(21)9-10-23-17-14(20)8-7-13(18)16(17)19;8-3-1-2-4-6(5(3)9)12-7(11)10-4/h7-8,12H,3-6,9-11,20H2,1-2H3;1-2H,(H,10,11). The third-order valence-electron chi connectivity index (χ3n) is 5.14. The van der Waals surface area contributed by atoms with Crippen molar-refractivity contribution >= 4 is 100 Å². The molecule has 1 unspecified atom stereocenters. The van der Waals surface area contributed by atoms with Crippen LogP contribution >= 0.6 is 78.2 Å². The van der Waals surface area contributed by atoms with E-state index < -0.39 is 0 Å². The van der Waals surface area contributed by atoms with Crippen molar-refractivity contribution in [3.05, 3.63) is 52.9 Å². The number of thioether (sulfide) groups is 1. The molecule has 35 heavy (non-hydrogen) atoms. The van der Waals surface area contributed by atoms with Crippen LogP contribution in [0.5, 0.6) is 0 Å². The molecule has 3 rings (SSSR count). The molecule has 3 aromatic rings. The van der Waals surface area contributed by atoms with E-state index in [0.717, 1.165) is 48.2 Å². The number of H-pyrrole nitrogens is 1. The molecule has 0 aliphatic rings. The highest BCUT2D eigenvalue weighted by Gasteiger charge is 2.13. The quantitative estimate of drug-likeness (QED) is 0.126. The van der Waals surface area contributed by atoms with Crippen LogP contribution in [0.15, 0.2) is 42.9 Å². The summed E-state index contributed by atoms with van der Waals surface area (Å²) in [5.41, 5.74) is 7.34. The lowest BCUT2D eigenvalue weighted by atomic mass is 10.0. The summed E-state index contributed by atoms with van der Waals surface area (Å²) < 4.78 is 7.81. The van der Waals surface area contributed by atoms with E-state index in [1.165, 1.54) is 24.6 Å². The summed E-state index contributed by atoms with van der Waals surface area (Å²) in [6, 6.07) is 7.25. The van der Waals surface area contributed by atoms with E-state index in [-0.39, 0.29) is 10.8 Å². The van der Waals surface area contributed by atoms with Crippen molar-refractivity contribution in [2.75, 3.05) is 18.1 Å². The van der Waals surface area contributed by atoms with Crippen molar-refractivity contribution < 1.29 is 9.53 Å². The number of thiazole rings is 1. The molecular weight excluding hydrogens is 659 g/mol. The minimum atomic E-state index is -0.155. The number of hydrogen-bond acceptors (Lipinski definition) is 6. The number of rotatable bonds is 10. The lowest BCUT2D eigenvalue weighted by Crippen LogP contribution is -2.14. The molecule has 0 saturated carbocycles. The van der Waals surface area contributed by atoms with Crippen molar-refractivity contribution in [1.29, 1.82) is 0 Å². The van der Waals surface area contributed by atoms with Gasteiger partial charge in [0.25, 0.3) is 0 Å². The van der Waals surface area contributed by atoms with Crippen molar-refractivity contribution in [2.45, 2.75) is 50.8 Å². The van der Waals surface area contributed by atoms with Gasteiger partial charge in [-0.3, -0.25) is 9.59 Å². The lowest BCUT2D eigenvalue weighted by Gasteiger charge is -2.14. The number of aromatic amines is 1. The number of halogens is 4. The molecule has 0 aliphatic carbocycles. The van der Waals surface area contributed by atoms with Gasteiger partial charge in [0.15, 0.2) is 0 Å². The average Bonchev–Trinajstić information content (AvgIpc) is 3.23. The molecule has 0 amide bonds. The maximum Gasteiger partial charge on any atom is 0.306 e. The van der Waals surface area contributed by atoms with Crippen LogP contribution in [0.2, 0.25) is 10.0 Å². The predicted molar refractivity (Wildman–Crippen MR) is 158 cm³/mol. The number of nitrogen functional groups attached to an aromatic ring is 1. The van der Waals surface area contributed by atoms with E-state index in [9.17, 15) is 9.59 Å². The van der Waals surface area contributed by atoms with Gasteiger partial charge < -0.3 is 15.5 Å². The normalized spacial score (nSPS) is 11.7. The molecule has 0 bridgehead atoms. The monoisotopic (exact) mass is 684 g/mol. The van der Waals surface area contributed by atoms with Gasteiger partial charge in [-0.15, -0.1) is 11.8 Å². The number of anilines is 1. The van der Waals surface area contributed by atoms with E-state index in [1.807, 2.05) is 18.2 Å². The first kappa shape index (κ1) is 30.5. The second-order valence-corrected chi connectivity index (χ2v) is 12.3. The highest BCUT2D eigenvalue weighted by atomic mass is 79.9. The number of benzene rings is 2. The zero-order valence-electron chi connectivity index (χ0n) is 19.5. The summed E-state index contributed by atoms with van der Waals surface area (Å²) in [4.78, 5) is 26.2. The molecule has 0 spiro atoms. The summed E-state index contributed by atoms with van der Waals surface area (Å²) in [5.74, 6) is 0.921. The number of aromatic nitrogens is 1. The summed E-state index contributed by atoms with van der Waals surface area (Å²) >= 11 is 21.4. The largest absolute Gasteiger partial charge is 0.465 e. The third-order valence-corrected chi connectivity index (χ3v) is 9.98. The second kappa shape index (κ2) is 15.5. The van der Waals surface area contributed by atoms with Crippen molar-refractivity contribution in [3.63, 3.8) is 0 Å². The van der Waals surface area contributed by atoms with Crippen LogP contribution < -0.4 is 10.6 Å². The van der Waals surface area contributed by atoms with Crippen molar-refractivity contribution in [1.82, 2.24) is 4.98 Å². The lowest BCUT2D eigenvalue weighted by molar-refractivity contribution is -0.144. The Morgan fingerprint density at radius 3 is 2.54 bits per heavy atom. The molecule has 0 radical (unpaired) electrons. The average molecular weight is 687 g/mol. The Hall–Kier alpha value is -0.710. The van der Waals surface area contributed by atoms with Crippen LogP contribution in [-0.2, 0) is 9.53 Å². The second-order valence-electron chi connectivity index (χ2n) is 7.73. The minimum absolute atomic E-state index is 0.0787. The molecule has 11 heteroatoms. The summed E-state index contributed by atoms with van der Waals surface area (Å²) in [5, 5.41) is 1.19. The number of nitrogens with one attached hydrogen (secondary N) is 1. The number of carbonyl (C=O) groups is 1. The highest BCUT2D eigenvalue weighted by Crippen LogP contribution is 2.38. The van der Waals surface area contributed by atoms with Crippen LogP contribution in [0.25, 0.3) is 10.2 Å². The zero-order valence-corrected chi connectivity index (χ0v) is 25.8. The molecule has 0 saturated heterocycles. The molecular formula is C24H28Br2Cl2N2O3S2. The minimum Gasteiger partial charge on any atom is -0.465 e. The van der Waals surface area contributed by atoms with Crippen LogP contribution in [-0.4, -0.2) is 23.3 Å². The van der Waals surface area contributed by atoms with Gasteiger partial charge in [0, 0.05) is 20.4 Å². The highest BCUT2D eigenvalue weighted by molar-refractivity contribution is 9.10.